The van der Waals surface area contributed by atoms with Crippen molar-refractivity contribution in [3.63, 3.8) is 0 Å². The minimum Gasteiger partial charge on any atom is -0.493 e. The highest BCUT2D eigenvalue weighted by atomic mass is 19.1. The molecule has 0 spiro atoms. The summed E-state index contributed by atoms with van der Waals surface area (Å²) in [5, 5.41) is 0. The maximum absolute atomic E-state index is 14.1. The second-order valence-electron chi connectivity index (χ2n) is 7.10. The normalized spacial score (nSPS) is 20.8. The van der Waals surface area contributed by atoms with Crippen molar-refractivity contribution in [3.8, 4) is 11.5 Å². The van der Waals surface area contributed by atoms with E-state index in [1.54, 1.807) is 12.1 Å². The van der Waals surface area contributed by atoms with Crippen LogP contribution in [0.3, 0.4) is 0 Å². The molecule has 1 saturated carbocycles. The zero-order chi connectivity index (χ0) is 17.9. The van der Waals surface area contributed by atoms with Crippen LogP contribution in [0.1, 0.15) is 65.2 Å². The summed E-state index contributed by atoms with van der Waals surface area (Å²) in [5.74, 6) is 1.85. The first-order valence-corrected chi connectivity index (χ1v) is 9.94. The molecule has 1 aromatic rings. The van der Waals surface area contributed by atoms with Crippen molar-refractivity contribution in [3.05, 3.63) is 36.2 Å². The summed E-state index contributed by atoms with van der Waals surface area (Å²) in [5.41, 5.74) is 0. The maximum Gasteiger partial charge on any atom is 0.168 e. The molecular weight excluding hydrogens is 315 g/mol. The minimum atomic E-state index is -0.329. The van der Waals surface area contributed by atoms with Crippen LogP contribution in [-0.4, -0.2) is 13.2 Å². The van der Waals surface area contributed by atoms with Crippen LogP contribution in [0.4, 0.5) is 4.39 Å². The van der Waals surface area contributed by atoms with Crippen molar-refractivity contribution in [2.75, 3.05) is 13.2 Å². The Morgan fingerprint density at radius 3 is 2.56 bits per heavy atom. The van der Waals surface area contributed by atoms with Gasteiger partial charge in [-0.2, -0.15) is 0 Å². The van der Waals surface area contributed by atoms with Gasteiger partial charge < -0.3 is 9.47 Å². The van der Waals surface area contributed by atoms with Crippen molar-refractivity contribution in [1.29, 1.82) is 0 Å². The van der Waals surface area contributed by atoms with E-state index in [4.69, 9.17) is 9.47 Å². The summed E-state index contributed by atoms with van der Waals surface area (Å²) < 4.78 is 25.4. The molecule has 0 atom stereocenters. The lowest BCUT2D eigenvalue weighted by Crippen LogP contribution is -2.19. The smallest absolute Gasteiger partial charge is 0.168 e. The molecule has 0 saturated heterocycles. The van der Waals surface area contributed by atoms with Gasteiger partial charge in [0.2, 0.25) is 0 Å². The monoisotopic (exact) mass is 348 g/mol. The van der Waals surface area contributed by atoms with E-state index in [0.717, 1.165) is 18.8 Å². The molecule has 0 N–H and O–H groups in total. The summed E-state index contributed by atoms with van der Waals surface area (Å²) in [6, 6.07) is 4.92. The number of allylic oxidation sites excluding steroid dienone is 2. The van der Waals surface area contributed by atoms with E-state index in [1.807, 2.05) is 0 Å². The highest BCUT2D eigenvalue weighted by molar-refractivity contribution is 5.33. The van der Waals surface area contributed by atoms with Crippen LogP contribution in [-0.2, 0) is 0 Å². The van der Waals surface area contributed by atoms with E-state index in [-0.39, 0.29) is 5.82 Å². The molecule has 0 amide bonds. The van der Waals surface area contributed by atoms with E-state index in [9.17, 15) is 4.39 Å². The summed E-state index contributed by atoms with van der Waals surface area (Å²) in [4.78, 5) is 0. The predicted molar refractivity (Wildman–Crippen MR) is 102 cm³/mol. The van der Waals surface area contributed by atoms with Gasteiger partial charge in [0, 0.05) is 6.07 Å². The zero-order valence-electron chi connectivity index (χ0n) is 15.8. The molecular formula is C22H33FO2. The fourth-order valence-electron chi connectivity index (χ4n) is 3.23. The van der Waals surface area contributed by atoms with Gasteiger partial charge >= 0.3 is 0 Å². The van der Waals surface area contributed by atoms with Gasteiger partial charge in [-0.3, -0.25) is 0 Å². The lowest BCUT2D eigenvalue weighted by atomic mass is 9.82. The molecule has 1 aliphatic carbocycles. The van der Waals surface area contributed by atoms with Crippen LogP contribution in [0.15, 0.2) is 30.4 Å². The highest BCUT2D eigenvalue weighted by Gasteiger charge is 2.20. The molecule has 0 unspecified atom stereocenters. The molecule has 25 heavy (non-hydrogen) atoms. The zero-order valence-corrected chi connectivity index (χ0v) is 15.8. The summed E-state index contributed by atoms with van der Waals surface area (Å²) in [6.07, 6.45) is 13.9. The number of benzene rings is 1. The third kappa shape index (κ3) is 7.09. The Labute approximate surface area is 152 Å². The third-order valence-electron chi connectivity index (χ3n) is 4.90. The Bertz CT molecular complexity index is 519. The Balaban J connectivity index is 1.73. The van der Waals surface area contributed by atoms with E-state index in [2.05, 4.69) is 26.0 Å². The summed E-state index contributed by atoms with van der Waals surface area (Å²) in [7, 11) is 0. The molecule has 140 valence electrons. The van der Waals surface area contributed by atoms with E-state index >= 15 is 0 Å². The molecule has 0 heterocycles. The van der Waals surface area contributed by atoms with Gasteiger partial charge in [-0.05, 0) is 62.5 Å². The van der Waals surface area contributed by atoms with Crippen molar-refractivity contribution in [2.24, 2.45) is 11.8 Å². The summed E-state index contributed by atoms with van der Waals surface area (Å²) >= 11 is 0. The Morgan fingerprint density at radius 1 is 1.08 bits per heavy atom. The number of hydrogen-bond acceptors (Lipinski definition) is 2. The van der Waals surface area contributed by atoms with Gasteiger partial charge in [0.25, 0.3) is 0 Å². The molecule has 0 bridgehead atoms. The Kier molecular flexibility index (Phi) is 8.85. The molecule has 0 radical (unpaired) electrons. The lowest BCUT2D eigenvalue weighted by molar-refractivity contribution is 0.189. The highest BCUT2D eigenvalue weighted by Crippen LogP contribution is 2.31. The van der Waals surface area contributed by atoms with Crippen LogP contribution in [0, 0.1) is 17.7 Å². The SMILES string of the molecule is CCC/C=C/C1CCC(COc2ccc(OCCCC)cc2F)CC1. The average molecular weight is 349 g/mol. The lowest BCUT2D eigenvalue weighted by Gasteiger charge is -2.26. The molecule has 2 nitrogen and oxygen atoms in total. The molecule has 1 aliphatic rings. The second-order valence-corrected chi connectivity index (χ2v) is 7.10. The van der Waals surface area contributed by atoms with E-state index in [1.165, 1.54) is 44.6 Å². The topological polar surface area (TPSA) is 18.5 Å². The second kappa shape index (κ2) is 11.2. The molecule has 0 aliphatic heterocycles. The van der Waals surface area contributed by atoms with Gasteiger partial charge in [-0.15, -0.1) is 0 Å². The van der Waals surface area contributed by atoms with Crippen LogP contribution in [0.25, 0.3) is 0 Å². The van der Waals surface area contributed by atoms with E-state index in [0.29, 0.717) is 30.6 Å². The van der Waals surface area contributed by atoms with Crippen LogP contribution in [0.2, 0.25) is 0 Å². The number of ether oxygens (including phenoxy) is 2. The average Bonchev–Trinajstić information content (AvgIpc) is 2.62. The molecule has 1 aromatic carbocycles. The van der Waals surface area contributed by atoms with Gasteiger partial charge in [0.05, 0.1) is 13.2 Å². The summed E-state index contributed by atoms with van der Waals surface area (Å²) in [6.45, 7) is 5.56. The molecule has 2 rings (SSSR count). The first-order valence-electron chi connectivity index (χ1n) is 9.94. The van der Waals surface area contributed by atoms with Crippen LogP contribution < -0.4 is 9.47 Å². The maximum atomic E-state index is 14.1. The van der Waals surface area contributed by atoms with Crippen molar-refractivity contribution >= 4 is 0 Å². The molecule has 1 fully saturated rings. The Hall–Kier alpha value is -1.51. The molecule has 0 aromatic heterocycles. The third-order valence-corrected chi connectivity index (χ3v) is 4.90. The number of rotatable bonds is 10. The predicted octanol–water partition coefficient (Wildman–Crippen LogP) is 6.55. The fourth-order valence-corrected chi connectivity index (χ4v) is 3.23. The minimum absolute atomic E-state index is 0.329. The van der Waals surface area contributed by atoms with Gasteiger partial charge in [0.1, 0.15) is 5.75 Å². The van der Waals surface area contributed by atoms with Gasteiger partial charge in [-0.1, -0.05) is 38.8 Å². The Morgan fingerprint density at radius 2 is 1.88 bits per heavy atom. The largest absolute Gasteiger partial charge is 0.493 e. The number of unbranched alkanes of at least 4 members (excludes halogenated alkanes) is 2. The van der Waals surface area contributed by atoms with Crippen molar-refractivity contribution in [1.82, 2.24) is 0 Å². The standard InChI is InChI=1S/C22H33FO2/c1-3-5-7-8-18-9-11-19(12-10-18)17-25-22-14-13-20(16-21(22)23)24-15-6-4-2/h7-8,13-14,16,18-19H,3-6,9-12,15,17H2,1-2H3/b8-7+. The first-order chi connectivity index (χ1) is 12.2. The van der Waals surface area contributed by atoms with Gasteiger partial charge in [0.15, 0.2) is 11.6 Å². The van der Waals surface area contributed by atoms with Crippen LogP contribution >= 0.6 is 0 Å². The van der Waals surface area contributed by atoms with Crippen molar-refractivity contribution in [2.45, 2.75) is 65.2 Å². The number of halogens is 1. The van der Waals surface area contributed by atoms with Gasteiger partial charge in [-0.25, -0.2) is 4.39 Å². The first kappa shape index (κ1) is 19.8. The fraction of sp³-hybridized carbons (Fsp3) is 0.636. The van der Waals surface area contributed by atoms with E-state index < -0.39 is 0 Å². The molecule has 3 heteroatoms. The quantitative estimate of drug-likeness (QED) is 0.353. The van der Waals surface area contributed by atoms with Crippen molar-refractivity contribution < 1.29 is 13.9 Å². The number of hydrogen-bond donors (Lipinski definition) is 0. The van der Waals surface area contributed by atoms with Crippen LogP contribution in [0.5, 0.6) is 11.5 Å².